The highest BCUT2D eigenvalue weighted by atomic mass is 16.6. The number of aryl methyl sites for hydroxylation is 1. The normalized spacial score (nSPS) is 26.5. The Morgan fingerprint density at radius 1 is 0.903 bits per heavy atom. The van der Waals surface area contributed by atoms with Crippen molar-refractivity contribution in [1.29, 1.82) is 0 Å². The van der Waals surface area contributed by atoms with E-state index in [2.05, 4.69) is 69.3 Å². The molecule has 5 rings (SSSR count). The molecule has 4 heteroatoms. The zero-order valence-electron chi connectivity index (χ0n) is 18.7. The summed E-state index contributed by atoms with van der Waals surface area (Å²) in [6.45, 7) is 7.92. The minimum atomic E-state index is 0.112. The van der Waals surface area contributed by atoms with Crippen molar-refractivity contribution >= 4 is 5.57 Å². The highest BCUT2D eigenvalue weighted by Crippen LogP contribution is 2.37. The summed E-state index contributed by atoms with van der Waals surface area (Å²) < 4.78 is 22.7. The smallest absolute Gasteiger partial charge is 0.124 e. The van der Waals surface area contributed by atoms with E-state index in [1.165, 1.54) is 28.7 Å². The number of benzene rings is 2. The molecule has 0 bridgehead atoms. The molecule has 0 spiro atoms. The van der Waals surface area contributed by atoms with Gasteiger partial charge >= 0.3 is 0 Å². The molecule has 2 aliphatic heterocycles. The number of epoxide rings is 2. The fraction of sp³-hybridized carbons (Fsp3) is 0.481. The summed E-state index contributed by atoms with van der Waals surface area (Å²) >= 11 is 0. The molecular weight excluding hydrogens is 388 g/mol. The lowest BCUT2D eigenvalue weighted by atomic mass is 9.82. The van der Waals surface area contributed by atoms with Gasteiger partial charge in [-0.25, -0.2) is 0 Å². The molecule has 0 saturated carbocycles. The Morgan fingerprint density at radius 3 is 2.16 bits per heavy atom. The van der Waals surface area contributed by atoms with Gasteiger partial charge in [0.05, 0.1) is 13.2 Å². The minimum Gasteiger partial charge on any atom is -0.488 e. The van der Waals surface area contributed by atoms with Crippen LogP contribution in [-0.2, 0) is 9.47 Å². The van der Waals surface area contributed by atoms with Gasteiger partial charge in [0.25, 0.3) is 0 Å². The summed E-state index contributed by atoms with van der Waals surface area (Å²) in [4.78, 5) is 0. The highest BCUT2D eigenvalue weighted by Gasteiger charge is 2.32. The zero-order valence-corrected chi connectivity index (χ0v) is 18.7. The number of hydrogen-bond acceptors (Lipinski definition) is 4. The van der Waals surface area contributed by atoms with Crippen molar-refractivity contribution in [2.24, 2.45) is 0 Å². The number of rotatable bonds is 8. The molecule has 5 atom stereocenters. The molecule has 2 aromatic rings. The van der Waals surface area contributed by atoms with Crippen molar-refractivity contribution in [1.82, 2.24) is 0 Å². The molecule has 2 heterocycles. The van der Waals surface area contributed by atoms with E-state index in [4.69, 9.17) is 18.9 Å². The van der Waals surface area contributed by atoms with Gasteiger partial charge in [-0.1, -0.05) is 24.3 Å². The van der Waals surface area contributed by atoms with Crippen LogP contribution in [0.3, 0.4) is 0 Å². The largest absolute Gasteiger partial charge is 0.488 e. The average molecular weight is 421 g/mol. The Hall–Kier alpha value is -2.30. The molecule has 0 amide bonds. The average Bonchev–Trinajstić information content (AvgIpc) is 3.68. The summed E-state index contributed by atoms with van der Waals surface area (Å²) in [6, 6.07) is 15.2. The molecule has 3 aliphatic rings. The van der Waals surface area contributed by atoms with E-state index in [-0.39, 0.29) is 24.4 Å². The van der Waals surface area contributed by atoms with Crippen LogP contribution in [0.2, 0.25) is 0 Å². The lowest BCUT2D eigenvalue weighted by Crippen LogP contribution is -2.19. The van der Waals surface area contributed by atoms with E-state index in [0.29, 0.717) is 5.92 Å². The molecule has 0 N–H and O–H groups in total. The number of ether oxygens (including phenoxy) is 4. The Labute approximate surface area is 185 Å². The van der Waals surface area contributed by atoms with E-state index in [9.17, 15) is 0 Å². The van der Waals surface area contributed by atoms with Gasteiger partial charge in [-0.05, 0) is 92.5 Å². The van der Waals surface area contributed by atoms with Gasteiger partial charge in [-0.3, -0.25) is 0 Å². The molecule has 1 aliphatic carbocycles. The van der Waals surface area contributed by atoms with Gasteiger partial charge in [0, 0.05) is 0 Å². The van der Waals surface area contributed by atoms with E-state index in [1.54, 1.807) is 0 Å². The summed E-state index contributed by atoms with van der Waals surface area (Å²) in [5.41, 5.74) is 5.35. The van der Waals surface area contributed by atoms with Gasteiger partial charge in [0.15, 0.2) is 0 Å². The SMILES string of the molecule is Cc1cc(C2=CCC(c3ccc(OC(C)C4CO4)cc3)CC2)ccc1OC(C)C1CO1. The van der Waals surface area contributed by atoms with Crippen molar-refractivity contribution in [2.75, 3.05) is 13.2 Å². The van der Waals surface area contributed by atoms with Gasteiger partial charge in [0.1, 0.15) is 35.9 Å². The standard InChI is InChI=1S/C27H32O4/c1-17-14-23(10-13-25(17)31-19(3)27-16-29-27)22-6-4-20(5-7-22)21-8-11-24(12-9-21)30-18(2)26-15-28-26/h6,8-14,18-20,26-27H,4-5,7,15-16H2,1-3H3. The van der Waals surface area contributed by atoms with Gasteiger partial charge in [-0.15, -0.1) is 0 Å². The van der Waals surface area contributed by atoms with Crippen LogP contribution < -0.4 is 9.47 Å². The van der Waals surface area contributed by atoms with Crippen molar-refractivity contribution in [3.63, 3.8) is 0 Å². The van der Waals surface area contributed by atoms with Crippen molar-refractivity contribution in [3.8, 4) is 11.5 Å². The van der Waals surface area contributed by atoms with Crippen molar-refractivity contribution in [3.05, 3.63) is 65.2 Å². The lowest BCUT2D eigenvalue weighted by molar-refractivity contribution is 0.175. The number of allylic oxidation sites excluding steroid dienone is 2. The summed E-state index contributed by atoms with van der Waals surface area (Å²) in [5.74, 6) is 2.47. The maximum atomic E-state index is 6.07. The molecule has 2 saturated heterocycles. The van der Waals surface area contributed by atoms with Crippen LogP contribution >= 0.6 is 0 Å². The first-order valence-electron chi connectivity index (χ1n) is 11.5. The third kappa shape index (κ3) is 4.97. The van der Waals surface area contributed by atoms with Gasteiger partial charge < -0.3 is 18.9 Å². The van der Waals surface area contributed by atoms with E-state index in [0.717, 1.165) is 37.6 Å². The van der Waals surface area contributed by atoms with Crippen LogP contribution in [0.4, 0.5) is 0 Å². The summed E-state index contributed by atoms with van der Waals surface area (Å²) in [6.07, 6.45) is 6.53. The summed E-state index contributed by atoms with van der Waals surface area (Å²) in [5, 5.41) is 0. The second-order valence-corrected chi connectivity index (χ2v) is 9.14. The van der Waals surface area contributed by atoms with E-state index >= 15 is 0 Å². The van der Waals surface area contributed by atoms with Gasteiger partial charge in [0.2, 0.25) is 0 Å². The fourth-order valence-electron chi connectivity index (χ4n) is 4.42. The molecule has 5 unspecified atom stereocenters. The second kappa shape index (κ2) is 8.68. The minimum absolute atomic E-state index is 0.112. The highest BCUT2D eigenvalue weighted by molar-refractivity contribution is 5.68. The fourth-order valence-corrected chi connectivity index (χ4v) is 4.42. The van der Waals surface area contributed by atoms with Crippen LogP contribution in [0, 0.1) is 6.92 Å². The lowest BCUT2D eigenvalue weighted by Gasteiger charge is -2.23. The first kappa shape index (κ1) is 20.6. The first-order valence-corrected chi connectivity index (χ1v) is 11.5. The predicted octanol–water partition coefficient (Wildman–Crippen LogP) is 5.68. The molecular formula is C27H32O4. The molecule has 4 nitrogen and oxygen atoms in total. The Morgan fingerprint density at radius 2 is 1.58 bits per heavy atom. The zero-order chi connectivity index (χ0) is 21.4. The van der Waals surface area contributed by atoms with Crippen LogP contribution in [0.15, 0.2) is 48.5 Å². The van der Waals surface area contributed by atoms with Crippen molar-refractivity contribution < 1.29 is 18.9 Å². The molecule has 164 valence electrons. The Kier molecular flexibility index (Phi) is 5.77. The second-order valence-electron chi connectivity index (χ2n) is 9.14. The topological polar surface area (TPSA) is 43.5 Å². The van der Waals surface area contributed by atoms with E-state index < -0.39 is 0 Å². The Balaban J connectivity index is 1.20. The van der Waals surface area contributed by atoms with Crippen LogP contribution in [0.1, 0.15) is 55.7 Å². The van der Waals surface area contributed by atoms with Gasteiger partial charge in [-0.2, -0.15) is 0 Å². The van der Waals surface area contributed by atoms with E-state index in [1.807, 2.05) is 0 Å². The molecule has 0 aromatic heterocycles. The maximum Gasteiger partial charge on any atom is 0.124 e. The summed E-state index contributed by atoms with van der Waals surface area (Å²) in [7, 11) is 0. The quantitative estimate of drug-likeness (QED) is 0.516. The molecule has 2 aromatic carbocycles. The first-order chi connectivity index (χ1) is 15.1. The van der Waals surface area contributed by atoms with Crippen LogP contribution in [-0.4, -0.2) is 37.6 Å². The van der Waals surface area contributed by atoms with Crippen molar-refractivity contribution in [2.45, 2.75) is 70.4 Å². The third-order valence-electron chi connectivity index (χ3n) is 6.71. The number of hydrogen-bond donors (Lipinski definition) is 0. The Bertz CT molecular complexity index is 940. The monoisotopic (exact) mass is 420 g/mol. The molecule has 0 radical (unpaired) electrons. The third-order valence-corrected chi connectivity index (χ3v) is 6.71. The predicted molar refractivity (Wildman–Crippen MR) is 122 cm³/mol. The van der Waals surface area contributed by atoms with Crippen LogP contribution in [0.5, 0.6) is 11.5 Å². The molecule has 31 heavy (non-hydrogen) atoms. The molecule has 2 fully saturated rings. The maximum absolute atomic E-state index is 6.07. The van der Waals surface area contributed by atoms with Crippen LogP contribution in [0.25, 0.3) is 5.57 Å².